The number of nitrogens with two attached hydrogens (primary N) is 1. The molecule has 0 aliphatic rings. The van der Waals surface area contributed by atoms with Gasteiger partial charge in [0.15, 0.2) is 0 Å². The maximum Gasteiger partial charge on any atom is 0.253 e. The monoisotopic (exact) mass is 232 g/mol. The first-order valence-electron chi connectivity index (χ1n) is 5.34. The van der Waals surface area contributed by atoms with E-state index in [1.54, 1.807) is 25.2 Å². The Labute approximate surface area is 101 Å². The van der Waals surface area contributed by atoms with Crippen molar-refractivity contribution in [3.8, 4) is 11.8 Å². The van der Waals surface area contributed by atoms with Crippen molar-refractivity contribution in [1.82, 2.24) is 4.90 Å². The lowest BCUT2D eigenvalue weighted by atomic mass is 10.1. The minimum absolute atomic E-state index is 0.0467. The number of rotatable bonds is 3. The minimum Gasteiger partial charge on any atom is -0.395 e. The van der Waals surface area contributed by atoms with Crippen molar-refractivity contribution in [3.05, 3.63) is 35.4 Å². The maximum atomic E-state index is 11.9. The lowest BCUT2D eigenvalue weighted by Gasteiger charge is -2.15. The van der Waals surface area contributed by atoms with Crippen molar-refractivity contribution >= 4 is 5.91 Å². The summed E-state index contributed by atoms with van der Waals surface area (Å²) >= 11 is 0. The summed E-state index contributed by atoms with van der Waals surface area (Å²) in [5.74, 6) is 5.48. The third kappa shape index (κ3) is 3.91. The summed E-state index contributed by atoms with van der Waals surface area (Å²) in [6, 6.07) is 7.05. The summed E-state index contributed by atoms with van der Waals surface area (Å²) in [7, 11) is 1.65. The summed E-state index contributed by atoms with van der Waals surface area (Å²) in [4.78, 5) is 13.4. The number of benzene rings is 1. The van der Waals surface area contributed by atoms with Gasteiger partial charge in [-0.1, -0.05) is 17.9 Å². The lowest BCUT2D eigenvalue weighted by molar-refractivity contribution is 0.0767. The number of likely N-dealkylation sites (N-methyl/N-ethyl adjacent to an activating group) is 1. The highest BCUT2D eigenvalue weighted by Crippen LogP contribution is 2.06. The van der Waals surface area contributed by atoms with Gasteiger partial charge < -0.3 is 15.7 Å². The molecule has 0 saturated carbocycles. The van der Waals surface area contributed by atoms with Crippen LogP contribution in [0.3, 0.4) is 0 Å². The van der Waals surface area contributed by atoms with Crippen LogP contribution in [0.1, 0.15) is 15.9 Å². The molecule has 1 amide bonds. The van der Waals surface area contributed by atoms with Gasteiger partial charge in [0.25, 0.3) is 5.91 Å². The molecule has 17 heavy (non-hydrogen) atoms. The zero-order valence-electron chi connectivity index (χ0n) is 9.81. The average molecular weight is 232 g/mol. The maximum absolute atomic E-state index is 11.9. The van der Waals surface area contributed by atoms with Crippen molar-refractivity contribution in [2.75, 3.05) is 26.7 Å². The third-order valence-electron chi connectivity index (χ3n) is 2.23. The molecule has 0 aliphatic carbocycles. The molecule has 0 bridgehead atoms. The van der Waals surface area contributed by atoms with E-state index >= 15 is 0 Å². The topological polar surface area (TPSA) is 66.6 Å². The average Bonchev–Trinajstić information content (AvgIpc) is 2.36. The van der Waals surface area contributed by atoms with Gasteiger partial charge in [0.1, 0.15) is 0 Å². The van der Waals surface area contributed by atoms with Crippen molar-refractivity contribution in [3.63, 3.8) is 0 Å². The Morgan fingerprint density at radius 2 is 2.29 bits per heavy atom. The van der Waals surface area contributed by atoms with Gasteiger partial charge in [-0.3, -0.25) is 4.79 Å². The standard InChI is InChI=1S/C13H16N2O2/c1-15(8-9-16)13(17)12-6-2-4-11(10-12)5-3-7-14/h2,4,6,10,16H,7-9,14H2,1H3. The van der Waals surface area contributed by atoms with Gasteiger partial charge in [-0.2, -0.15) is 0 Å². The van der Waals surface area contributed by atoms with Crippen LogP contribution < -0.4 is 5.73 Å². The molecular weight excluding hydrogens is 216 g/mol. The number of amides is 1. The molecule has 1 aromatic carbocycles. The number of nitrogens with zero attached hydrogens (tertiary/aromatic N) is 1. The molecule has 0 aliphatic heterocycles. The predicted molar refractivity (Wildman–Crippen MR) is 66.4 cm³/mol. The summed E-state index contributed by atoms with van der Waals surface area (Å²) in [5, 5.41) is 8.77. The lowest BCUT2D eigenvalue weighted by Crippen LogP contribution is -2.29. The van der Waals surface area contributed by atoms with Gasteiger partial charge in [-0.25, -0.2) is 0 Å². The van der Waals surface area contributed by atoms with Crippen LogP contribution in [-0.2, 0) is 0 Å². The van der Waals surface area contributed by atoms with E-state index in [1.807, 2.05) is 6.07 Å². The van der Waals surface area contributed by atoms with E-state index in [4.69, 9.17) is 10.8 Å². The highest BCUT2D eigenvalue weighted by molar-refractivity contribution is 5.94. The molecule has 0 heterocycles. The summed E-state index contributed by atoms with van der Waals surface area (Å²) in [5.41, 5.74) is 6.61. The molecule has 0 spiro atoms. The number of aliphatic hydroxyl groups excluding tert-OH is 1. The van der Waals surface area contributed by atoms with Crippen molar-refractivity contribution < 1.29 is 9.90 Å². The van der Waals surface area contributed by atoms with Crippen LogP contribution in [0.2, 0.25) is 0 Å². The Bertz CT molecular complexity index is 446. The molecule has 0 atom stereocenters. The van der Waals surface area contributed by atoms with Crippen molar-refractivity contribution in [2.45, 2.75) is 0 Å². The largest absolute Gasteiger partial charge is 0.395 e. The van der Waals surface area contributed by atoms with E-state index in [-0.39, 0.29) is 12.5 Å². The van der Waals surface area contributed by atoms with Gasteiger partial charge in [-0.15, -0.1) is 0 Å². The molecule has 90 valence electrons. The molecule has 1 rings (SSSR count). The molecule has 3 N–H and O–H groups in total. The first kappa shape index (κ1) is 13.2. The van der Waals surface area contributed by atoms with Gasteiger partial charge in [0, 0.05) is 24.7 Å². The molecule has 0 radical (unpaired) electrons. The summed E-state index contributed by atoms with van der Waals surface area (Å²) < 4.78 is 0. The predicted octanol–water partition coefficient (Wildman–Crippen LogP) is 0.0611. The zero-order valence-corrected chi connectivity index (χ0v) is 9.81. The molecule has 0 saturated heterocycles. The molecule has 0 aromatic heterocycles. The van der Waals surface area contributed by atoms with Crippen LogP contribution in [0.5, 0.6) is 0 Å². The van der Waals surface area contributed by atoms with Gasteiger partial charge in [0.2, 0.25) is 0 Å². The summed E-state index contributed by atoms with van der Waals surface area (Å²) in [6.45, 7) is 0.565. The van der Waals surface area contributed by atoms with Crippen LogP contribution >= 0.6 is 0 Å². The van der Waals surface area contributed by atoms with Crippen LogP contribution in [0, 0.1) is 11.8 Å². The minimum atomic E-state index is -0.129. The number of hydrogen-bond donors (Lipinski definition) is 2. The number of aliphatic hydroxyl groups is 1. The van der Waals surface area contributed by atoms with Gasteiger partial charge >= 0.3 is 0 Å². The second-order valence-corrected chi connectivity index (χ2v) is 3.54. The Hall–Kier alpha value is -1.83. The second-order valence-electron chi connectivity index (χ2n) is 3.54. The Morgan fingerprint density at radius 1 is 1.53 bits per heavy atom. The second kappa shape index (κ2) is 6.69. The van der Waals surface area contributed by atoms with E-state index in [9.17, 15) is 4.79 Å². The first-order chi connectivity index (χ1) is 8.19. The number of carbonyl (C=O) groups is 1. The molecular formula is C13H16N2O2. The first-order valence-corrected chi connectivity index (χ1v) is 5.34. The van der Waals surface area contributed by atoms with E-state index in [2.05, 4.69) is 11.8 Å². The Kier molecular flexibility index (Phi) is 5.21. The van der Waals surface area contributed by atoms with Crippen molar-refractivity contribution in [1.29, 1.82) is 0 Å². The van der Waals surface area contributed by atoms with Crippen LogP contribution in [-0.4, -0.2) is 42.7 Å². The van der Waals surface area contributed by atoms with Gasteiger partial charge in [-0.05, 0) is 18.2 Å². The quantitative estimate of drug-likeness (QED) is 0.724. The normalized spacial score (nSPS) is 9.35. The van der Waals surface area contributed by atoms with E-state index in [0.29, 0.717) is 18.7 Å². The highest BCUT2D eigenvalue weighted by atomic mass is 16.3. The molecule has 4 nitrogen and oxygen atoms in total. The highest BCUT2D eigenvalue weighted by Gasteiger charge is 2.10. The van der Waals surface area contributed by atoms with Crippen LogP contribution in [0.25, 0.3) is 0 Å². The molecule has 4 heteroatoms. The fourth-order valence-electron chi connectivity index (χ4n) is 1.36. The summed E-state index contributed by atoms with van der Waals surface area (Å²) in [6.07, 6.45) is 0. The fraction of sp³-hybridized carbons (Fsp3) is 0.308. The van der Waals surface area contributed by atoms with E-state index < -0.39 is 0 Å². The molecule has 0 fully saturated rings. The number of hydrogen-bond acceptors (Lipinski definition) is 3. The third-order valence-corrected chi connectivity index (χ3v) is 2.23. The zero-order chi connectivity index (χ0) is 12.7. The van der Waals surface area contributed by atoms with Crippen molar-refractivity contribution in [2.24, 2.45) is 5.73 Å². The van der Waals surface area contributed by atoms with E-state index in [1.165, 1.54) is 4.90 Å². The Morgan fingerprint density at radius 3 is 2.94 bits per heavy atom. The molecule has 1 aromatic rings. The van der Waals surface area contributed by atoms with Crippen LogP contribution in [0.4, 0.5) is 0 Å². The Balaban J connectivity index is 2.87. The number of carbonyl (C=O) groups excluding carboxylic acids is 1. The SMILES string of the molecule is CN(CCO)C(=O)c1cccc(C#CCN)c1. The fourth-order valence-corrected chi connectivity index (χ4v) is 1.36. The van der Waals surface area contributed by atoms with Gasteiger partial charge in [0.05, 0.1) is 13.2 Å². The van der Waals surface area contributed by atoms with E-state index in [0.717, 1.165) is 5.56 Å². The smallest absolute Gasteiger partial charge is 0.253 e. The molecule has 0 unspecified atom stereocenters. The van der Waals surface area contributed by atoms with Crippen LogP contribution in [0.15, 0.2) is 24.3 Å².